The molecule has 5 heterocycles. The second kappa shape index (κ2) is 11.1. The molecule has 0 aliphatic carbocycles. The molecule has 0 unspecified atom stereocenters. The van der Waals surface area contributed by atoms with E-state index < -0.39 is 0 Å². The quantitative estimate of drug-likeness (QED) is 0.164. The van der Waals surface area contributed by atoms with E-state index in [1.54, 1.807) is 0 Å². The van der Waals surface area contributed by atoms with Crippen molar-refractivity contribution >= 4 is 142 Å². The predicted octanol–water partition coefficient (Wildman–Crippen LogP) is 7.13. The summed E-state index contributed by atoms with van der Waals surface area (Å²) in [7, 11) is 0. The molecule has 0 saturated heterocycles. The van der Waals surface area contributed by atoms with Gasteiger partial charge in [0.25, 0.3) is 0 Å². The summed E-state index contributed by atoms with van der Waals surface area (Å²) in [6.07, 6.45) is 8.05. The van der Waals surface area contributed by atoms with Crippen LogP contribution >= 0.6 is 95.9 Å². The summed E-state index contributed by atoms with van der Waals surface area (Å²) in [5.74, 6) is 0. The van der Waals surface area contributed by atoms with E-state index in [4.69, 9.17) is 0 Å². The number of H-pyrrole nitrogens is 2. The molecule has 2 aliphatic rings. The molecule has 8 heteroatoms. The summed E-state index contributed by atoms with van der Waals surface area (Å²) < 4.78 is 0. The van der Waals surface area contributed by atoms with Crippen LogP contribution in [-0.2, 0) is 0 Å². The Morgan fingerprint density at radius 3 is 1.14 bits per heavy atom. The third kappa shape index (κ3) is 5.78. The van der Waals surface area contributed by atoms with Crippen LogP contribution in [-0.4, -0.2) is 19.9 Å². The molecule has 2 N–H and O–H groups in total. The van der Waals surface area contributed by atoms with E-state index in [2.05, 4.69) is 50.3 Å². The van der Waals surface area contributed by atoms with Gasteiger partial charge in [0.05, 0.1) is 22.8 Å². The molecule has 4 nitrogen and oxygen atoms in total. The van der Waals surface area contributed by atoms with Crippen LogP contribution in [0.15, 0.2) is 48.5 Å². The highest BCUT2D eigenvalue weighted by atomic mass is 127. The Kier molecular flexibility index (Phi) is 10.1. The number of hydrogen-bond acceptors (Lipinski definition) is 2. The number of halogens is 4. The Bertz CT molecular complexity index is 1090. The Hall–Kier alpha value is -0.480. The minimum Gasteiger partial charge on any atom is -0.355 e. The molecule has 0 aromatic carbocycles. The van der Waals surface area contributed by atoms with Gasteiger partial charge in [-0.2, -0.15) is 0 Å². The van der Waals surface area contributed by atoms with Crippen LogP contribution in [0.5, 0.6) is 0 Å². The van der Waals surface area contributed by atoms with Crippen LogP contribution in [0, 0.1) is 0 Å². The van der Waals surface area contributed by atoms with Gasteiger partial charge in [-0.15, -0.1) is 95.9 Å². The van der Waals surface area contributed by atoms with Crippen molar-refractivity contribution in [3.63, 3.8) is 0 Å². The lowest BCUT2D eigenvalue weighted by atomic mass is 10.3. The summed E-state index contributed by atoms with van der Waals surface area (Å²) in [4.78, 5) is 16.0. The Morgan fingerprint density at radius 1 is 0.429 bits per heavy atom. The molecule has 0 spiro atoms. The van der Waals surface area contributed by atoms with Gasteiger partial charge in [0, 0.05) is 22.1 Å². The maximum absolute atomic E-state index is 4.62. The van der Waals surface area contributed by atoms with Gasteiger partial charge < -0.3 is 9.97 Å². The van der Waals surface area contributed by atoms with E-state index in [9.17, 15) is 0 Å². The first-order chi connectivity index (χ1) is 11.8. The maximum Gasteiger partial charge on any atom is 0.0659 e. The Morgan fingerprint density at radius 2 is 0.750 bits per heavy atom. The Labute approximate surface area is 230 Å². The van der Waals surface area contributed by atoms with Crippen molar-refractivity contribution in [1.82, 2.24) is 19.9 Å². The van der Waals surface area contributed by atoms with Crippen LogP contribution < -0.4 is 0 Å². The van der Waals surface area contributed by atoms with Gasteiger partial charge in [-0.3, -0.25) is 0 Å². The molecule has 28 heavy (non-hydrogen) atoms. The number of aromatic amines is 2. The van der Waals surface area contributed by atoms with E-state index in [1.165, 1.54) is 0 Å². The van der Waals surface area contributed by atoms with Crippen molar-refractivity contribution in [1.29, 1.82) is 0 Å². The summed E-state index contributed by atoms with van der Waals surface area (Å²) in [6.45, 7) is 0. The van der Waals surface area contributed by atoms with Crippen LogP contribution in [0.25, 0.3) is 46.4 Å². The number of fused-ring (bicyclic) bond motifs is 8. The number of nitrogens with zero attached hydrogens (tertiary/aromatic N) is 2. The first-order valence-electron chi connectivity index (χ1n) is 7.85. The topological polar surface area (TPSA) is 57.4 Å². The van der Waals surface area contributed by atoms with Gasteiger partial charge in [0.2, 0.25) is 0 Å². The lowest BCUT2D eigenvalue weighted by molar-refractivity contribution is 1.28. The zero-order valence-electron chi connectivity index (χ0n) is 14.5. The molecule has 0 radical (unpaired) electrons. The summed E-state index contributed by atoms with van der Waals surface area (Å²) in [6, 6.07) is 16.4. The highest BCUT2D eigenvalue weighted by Crippen LogP contribution is 2.17. The molecule has 3 aromatic heterocycles. The van der Waals surface area contributed by atoms with Crippen LogP contribution in [0.1, 0.15) is 22.8 Å². The monoisotopic (exact) mass is 822 g/mol. The molecule has 0 amide bonds. The minimum atomic E-state index is 0. The highest BCUT2D eigenvalue weighted by Gasteiger charge is 2.02. The van der Waals surface area contributed by atoms with Gasteiger partial charge >= 0.3 is 0 Å². The zero-order chi connectivity index (χ0) is 15.9. The molecule has 2 aliphatic heterocycles. The molecular formula is C20H18I4N4. The van der Waals surface area contributed by atoms with E-state index in [0.717, 1.165) is 44.8 Å². The van der Waals surface area contributed by atoms with Gasteiger partial charge in [-0.1, -0.05) is 0 Å². The average molecular weight is 822 g/mol. The largest absolute Gasteiger partial charge is 0.355 e. The lowest BCUT2D eigenvalue weighted by Crippen LogP contribution is -1.77. The number of aromatic nitrogens is 4. The maximum atomic E-state index is 4.62. The lowest BCUT2D eigenvalue weighted by Gasteiger charge is -1.86. The summed E-state index contributed by atoms with van der Waals surface area (Å²) >= 11 is 0. The minimum absolute atomic E-state index is 0. The highest BCUT2D eigenvalue weighted by molar-refractivity contribution is 14.0. The second-order valence-electron chi connectivity index (χ2n) is 5.91. The fraction of sp³-hybridized carbons (Fsp3) is 0. The smallest absolute Gasteiger partial charge is 0.0659 e. The predicted molar refractivity (Wildman–Crippen MR) is 161 cm³/mol. The fourth-order valence-electron chi connectivity index (χ4n) is 2.94. The van der Waals surface area contributed by atoms with Crippen LogP contribution in [0.4, 0.5) is 0 Å². The molecule has 146 valence electrons. The van der Waals surface area contributed by atoms with E-state index >= 15 is 0 Å². The normalized spacial score (nSPS) is 10.9. The standard InChI is InChI=1S/C20H14N4.4HI/c1-2-14-10-16-5-6-18(23-16)12-20-8-7-19(24-20)11-17-4-3-15(22-17)9-13(1)21-14;;;;/h1-12,21-22H;4*1H. The van der Waals surface area contributed by atoms with E-state index in [0.29, 0.717) is 0 Å². The van der Waals surface area contributed by atoms with Gasteiger partial charge in [0.1, 0.15) is 0 Å². The van der Waals surface area contributed by atoms with Crippen LogP contribution in [0.3, 0.4) is 0 Å². The number of nitrogens with one attached hydrogen (secondary N) is 2. The van der Waals surface area contributed by atoms with Crippen molar-refractivity contribution < 1.29 is 0 Å². The van der Waals surface area contributed by atoms with Crippen molar-refractivity contribution in [2.75, 3.05) is 0 Å². The van der Waals surface area contributed by atoms with Crippen molar-refractivity contribution in [3.8, 4) is 0 Å². The van der Waals surface area contributed by atoms with E-state index in [1.807, 2.05) is 42.5 Å². The summed E-state index contributed by atoms with van der Waals surface area (Å²) in [5.41, 5.74) is 7.86. The third-order valence-corrected chi connectivity index (χ3v) is 4.04. The average Bonchev–Trinajstić information content (AvgIpc) is 3.32. The number of hydrogen-bond donors (Lipinski definition) is 2. The molecule has 0 saturated carbocycles. The molecule has 3 aromatic rings. The Balaban J connectivity index is 0.000000980. The van der Waals surface area contributed by atoms with Crippen LogP contribution in [0.2, 0.25) is 0 Å². The van der Waals surface area contributed by atoms with Gasteiger partial charge in [-0.25, -0.2) is 9.97 Å². The third-order valence-electron chi connectivity index (χ3n) is 4.04. The summed E-state index contributed by atoms with van der Waals surface area (Å²) in [5, 5.41) is 0. The number of rotatable bonds is 0. The van der Waals surface area contributed by atoms with Crippen molar-refractivity contribution in [2.24, 2.45) is 0 Å². The molecule has 0 fully saturated rings. The molecular weight excluding hydrogens is 804 g/mol. The second-order valence-corrected chi connectivity index (χ2v) is 5.91. The van der Waals surface area contributed by atoms with Crippen molar-refractivity contribution in [2.45, 2.75) is 0 Å². The SMILES string of the molecule is C1=Cc2cc3ccc(cc4ccc(cc5nc(cc1n2)C=C5)[nH]4)[nH]3.I.I.I.I. The molecule has 0 atom stereocenters. The molecule has 5 rings (SSSR count). The van der Waals surface area contributed by atoms with Gasteiger partial charge in [0.15, 0.2) is 0 Å². The molecule has 8 bridgehead atoms. The van der Waals surface area contributed by atoms with Gasteiger partial charge in [-0.05, 0) is 72.8 Å². The first kappa shape index (κ1) is 25.6. The zero-order valence-corrected chi connectivity index (χ0v) is 23.8. The van der Waals surface area contributed by atoms with E-state index in [-0.39, 0.29) is 95.9 Å². The fourth-order valence-corrected chi connectivity index (χ4v) is 2.94. The first-order valence-corrected chi connectivity index (χ1v) is 7.85. The van der Waals surface area contributed by atoms with Crippen molar-refractivity contribution in [3.05, 3.63) is 71.3 Å².